The Kier molecular flexibility index (Phi) is 14.5. The van der Waals surface area contributed by atoms with Crippen LogP contribution < -0.4 is 22.1 Å². The van der Waals surface area contributed by atoms with Crippen LogP contribution in [0.1, 0.15) is 38.2 Å². The second-order valence-electron chi connectivity index (χ2n) is 6.30. The average molecular weight is 438 g/mol. The molecule has 0 saturated heterocycles. The van der Waals surface area contributed by atoms with Crippen molar-refractivity contribution in [3.63, 3.8) is 0 Å². The second kappa shape index (κ2) is 16.3. The number of carbonyl (C=O) groups excluding carboxylic acids is 4. The predicted molar refractivity (Wildman–Crippen MR) is 112 cm³/mol. The Morgan fingerprint density at radius 2 is 1.71 bits per heavy atom. The Morgan fingerprint density at radius 1 is 1.10 bits per heavy atom. The maximum Gasteiger partial charge on any atom is 0.407 e. The molecule has 0 heterocycles. The van der Waals surface area contributed by atoms with Gasteiger partial charge in [0.1, 0.15) is 13.2 Å². The van der Waals surface area contributed by atoms with E-state index < -0.39 is 42.2 Å². The first-order valence-corrected chi connectivity index (χ1v) is 9.70. The Labute approximate surface area is 180 Å². The third-order valence-electron chi connectivity index (χ3n) is 3.75. The molecule has 11 heteroatoms. The fourth-order valence-electron chi connectivity index (χ4n) is 2.11. The van der Waals surface area contributed by atoms with Crippen LogP contribution in [0.2, 0.25) is 0 Å². The molecule has 0 aromatic heterocycles. The van der Waals surface area contributed by atoms with Crippen molar-refractivity contribution in [2.24, 2.45) is 11.5 Å². The summed E-state index contributed by atoms with van der Waals surface area (Å²) in [5, 5.41) is 12.4. The summed E-state index contributed by atoms with van der Waals surface area (Å²) < 4.78 is 4.96. The van der Waals surface area contributed by atoms with E-state index in [2.05, 4.69) is 10.6 Å². The molecule has 0 spiro atoms. The van der Waals surface area contributed by atoms with Crippen LogP contribution >= 0.6 is 0 Å². The number of alkyl carbamates (subject to hydrolysis) is 1. The minimum absolute atomic E-state index is 0.0656. The van der Waals surface area contributed by atoms with Gasteiger partial charge in [-0.2, -0.15) is 0 Å². The molecule has 0 radical (unpaired) electrons. The SMILES string of the molecule is CCC(=O)O.NCCCCC(NC(=O)CNC(=O)OCc1ccccc1)C(=O)C(N)=O. The van der Waals surface area contributed by atoms with Crippen molar-refractivity contribution in [2.75, 3.05) is 13.1 Å². The van der Waals surface area contributed by atoms with Gasteiger partial charge in [-0.1, -0.05) is 37.3 Å². The number of benzene rings is 1. The molecular formula is C20H30N4O7. The molecule has 0 aliphatic heterocycles. The highest BCUT2D eigenvalue weighted by Crippen LogP contribution is 2.02. The summed E-state index contributed by atoms with van der Waals surface area (Å²) in [5.41, 5.74) is 11.2. The number of Topliss-reactive ketones (excluding diaryl/α,β-unsaturated/α-hetero) is 1. The summed E-state index contributed by atoms with van der Waals surface area (Å²) in [6.45, 7) is 1.70. The number of ether oxygens (including phenoxy) is 1. The molecule has 7 N–H and O–H groups in total. The number of hydrogen-bond donors (Lipinski definition) is 5. The Bertz CT molecular complexity index is 725. The first-order valence-electron chi connectivity index (χ1n) is 9.70. The number of ketones is 1. The fraction of sp³-hybridized carbons (Fsp3) is 0.450. The molecule has 11 nitrogen and oxygen atoms in total. The molecule has 1 aromatic rings. The van der Waals surface area contributed by atoms with Gasteiger partial charge in [-0.15, -0.1) is 0 Å². The number of carboxylic acids is 1. The van der Waals surface area contributed by atoms with Crippen molar-refractivity contribution >= 4 is 29.7 Å². The number of primary amides is 1. The maximum absolute atomic E-state index is 11.9. The highest BCUT2D eigenvalue weighted by atomic mass is 16.5. The van der Waals surface area contributed by atoms with Crippen LogP contribution in [0.3, 0.4) is 0 Å². The van der Waals surface area contributed by atoms with Gasteiger partial charge in [0.15, 0.2) is 0 Å². The van der Waals surface area contributed by atoms with Crippen molar-refractivity contribution in [1.82, 2.24) is 10.6 Å². The van der Waals surface area contributed by atoms with Crippen molar-refractivity contribution in [1.29, 1.82) is 0 Å². The lowest BCUT2D eigenvalue weighted by Gasteiger charge is -2.16. The van der Waals surface area contributed by atoms with Gasteiger partial charge in [-0.25, -0.2) is 4.79 Å². The van der Waals surface area contributed by atoms with Gasteiger partial charge in [0.25, 0.3) is 5.91 Å². The van der Waals surface area contributed by atoms with E-state index in [0.717, 1.165) is 5.56 Å². The molecule has 0 fully saturated rings. The maximum atomic E-state index is 11.9. The number of amides is 3. The first kappa shape index (κ1) is 27.5. The standard InChI is InChI=1S/C17H24N4O5.C3H6O2/c18-9-5-4-8-13(15(23)16(19)24)21-14(22)10-20-17(25)26-11-12-6-2-1-3-7-12;1-2-3(4)5/h1-3,6-7,13H,4-5,8-11,18H2,(H2,19,24)(H,20,25)(H,21,22);2H2,1H3,(H,4,5). The molecule has 0 saturated carbocycles. The molecule has 1 aromatic carbocycles. The number of rotatable bonds is 12. The van der Waals surface area contributed by atoms with Crippen LogP contribution in [0.15, 0.2) is 30.3 Å². The highest BCUT2D eigenvalue weighted by Gasteiger charge is 2.24. The summed E-state index contributed by atoms with van der Waals surface area (Å²) in [6, 6.07) is 8.01. The van der Waals surface area contributed by atoms with Crippen molar-refractivity contribution < 1.29 is 33.8 Å². The number of nitrogens with two attached hydrogens (primary N) is 2. The summed E-state index contributed by atoms with van der Waals surface area (Å²) in [7, 11) is 0. The fourth-order valence-corrected chi connectivity index (χ4v) is 2.11. The second-order valence-corrected chi connectivity index (χ2v) is 6.30. The Hall–Kier alpha value is -3.47. The van der Waals surface area contributed by atoms with Crippen LogP contribution in [0.25, 0.3) is 0 Å². The Balaban J connectivity index is 0.00000161. The molecule has 1 atom stereocenters. The van der Waals surface area contributed by atoms with Gasteiger partial charge in [0.2, 0.25) is 11.7 Å². The monoisotopic (exact) mass is 438 g/mol. The van der Waals surface area contributed by atoms with E-state index in [1.165, 1.54) is 0 Å². The van der Waals surface area contributed by atoms with Gasteiger partial charge in [-0.05, 0) is 31.4 Å². The topological polar surface area (TPSA) is 191 Å². The van der Waals surface area contributed by atoms with E-state index in [4.69, 9.17) is 21.3 Å². The van der Waals surface area contributed by atoms with E-state index in [9.17, 15) is 24.0 Å². The molecule has 31 heavy (non-hydrogen) atoms. The molecule has 3 amide bonds. The lowest BCUT2D eigenvalue weighted by Crippen LogP contribution is -2.49. The summed E-state index contributed by atoms with van der Waals surface area (Å²) >= 11 is 0. The van der Waals surface area contributed by atoms with E-state index in [1.807, 2.05) is 18.2 Å². The van der Waals surface area contributed by atoms with Crippen molar-refractivity contribution in [3.05, 3.63) is 35.9 Å². The van der Waals surface area contributed by atoms with Crippen molar-refractivity contribution in [3.8, 4) is 0 Å². The van der Waals surface area contributed by atoms with Crippen LogP contribution in [-0.2, 0) is 30.5 Å². The van der Waals surface area contributed by atoms with Gasteiger partial charge in [0.05, 0.1) is 6.04 Å². The Morgan fingerprint density at radius 3 is 2.23 bits per heavy atom. The molecule has 1 rings (SSSR count). The minimum Gasteiger partial charge on any atom is -0.481 e. The highest BCUT2D eigenvalue weighted by molar-refractivity contribution is 6.37. The molecule has 1 unspecified atom stereocenters. The average Bonchev–Trinajstić information content (AvgIpc) is 2.76. The minimum atomic E-state index is -1.13. The summed E-state index contributed by atoms with van der Waals surface area (Å²) in [6.07, 6.45) is 0.878. The van der Waals surface area contributed by atoms with Gasteiger partial charge < -0.3 is 31.9 Å². The third-order valence-corrected chi connectivity index (χ3v) is 3.75. The van der Waals surface area contributed by atoms with Crippen LogP contribution in [-0.4, -0.2) is 53.9 Å². The number of nitrogens with one attached hydrogen (secondary N) is 2. The normalized spacial score (nSPS) is 10.6. The number of aliphatic carboxylic acids is 1. The lowest BCUT2D eigenvalue weighted by molar-refractivity contribution is -0.138. The molecule has 0 bridgehead atoms. The molecular weight excluding hydrogens is 408 g/mol. The van der Waals surface area contributed by atoms with E-state index in [-0.39, 0.29) is 19.4 Å². The summed E-state index contributed by atoms with van der Waals surface area (Å²) in [4.78, 5) is 55.6. The largest absolute Gasteiger partial charge is 0.481 e. The number of carbonyl (C=O) groups is 5. The lowest BCUT2D eigenvalue weighted by atomic mass is 10.0. The molecule has 172 valence electrons. The zero-order chi connectivity index (χ0) is 23.6. The smallest absolute Gasteiger partial charge is 0.407 e. The van der Waals surface area contributed by atoms with E-state index in [0.29, 0.717) is 19.4 Å². The number of unbranched alkanes of at least 4 members (excludes halogenated alkanes) is 1. The van der Waals surface area contributed by atoms with Crippen LogP contribution in [0.5, 0.6) is 0 Å². The van der Waals surface area contributed by atoms with E-state index in [1.54, 1.807) is 19.1 Å². The van der Waals surface area contributed by atoms with Crippen LogP contribution in [0, 0.1) is 0 Å². The molecule has 0 aliphatic carbocycles. The quantitative estimate of drug-likeness (QED) is 0.223. The summed E-state index contributed by atoms with van der Waals surface area (Å²) in [5.74, 6) is -3.39. The number of carboxylic acid groups (broad SMARTS) is 1. The van der Waals surface area contributed by atoms with Gasteiger partial charge >= 0.3 is 12.1 Å². The zero-order valence-corrected chi connectivity index (χ0v) is 17.5. The number of hydrogen-bond acceptors (Lipinski definition) is 7. The predicted octanol–water partition coefficient (Wildman–Crippen LogP) is 0.0620. The van der Waals surface area contributed by atoms with Gasteiger partial charge in [-0.3, -0.25) is 19.2 Å². The zero-order valence-electron chi connectivity index (χ0n) is 17.5. The molecule has 0 aliphatic rings. The van der Waals surface area contributed by atoms with Gasteiger partial charge in [0, 0.05) is 6.42 Å². The van der Waals surface area contributed by atoms with E-state index >= 15 is 0 Å². The first-order chi connectivity index (χ1) is 14.7. The third kappa shape index (κ3) is 14.2. The van der Waals surface area contributed by atoms with Crippen molar-refractivity contribution in [2.45, 2.75) is 45.3 Å². The van der Waals surface area contributed by atoms with Crippen LogP contribution in [0.4, 0.5) is 4.79 Å².